The van der Waals surface area contributed by atoms with E-state index in [1.165, 1.54) is 0 Å². The van der Waals surface area contributed by atoms with Crippen molar-refractivity contribution in [2.75, 3.05) is 0 Å². The first-order chi connectivity index (χ1) is 5.27. The van der Waals surface area contributed by atoms with E-state index in [9.17, 15) is 0 Å². The fraction of sp³-hybridized carbons (Fsp3) is 0. The minimum Gasteiger partial charge on any atom is -0.259 e. The van der Waals surface area contributed by atoms with Crippen LogP contribution in [0.5, 0.6) is 0 Å². The molecule has 0 aliphatic heterocycles. The van der Waals surface area contributed by atoms with Gasteiger partial charge in [0.1, 0.15) is 0 Å². The Labute approximate surface area is 75.9 Å². The lowest BCUT2D eigenvalue weighted by molar-refractivity contribution is 1.10. The summed E-state index contributed by atoms with van der Waals surface area (Å²) in [6, 6.07) is 1.87. The third-order valence-electron chi connectivity index (χ3n) is 1.34. The Kier molecular flexibility index (Phi) is 1.58. The number of H-pyrrole nitrogens is 1. The summed E-state index contributed by atoms with van der Waals surface area (Å²) in [6.45, 7) is 0. The number of rotatable bonds is 0. The molecule has 0 unspecified atom stereocenters. The monoisotopic (exact) mass is 231 g/mol. The minimum absolute atomic E-state index is 0.453. The molecule has 2 aromatic rings. The van der Waals surface area contributed by atoms with Crippen LogP contribution in [0.25, 0.3) is 11.0 Å². The molecule has 0 radical (unpaired) electrons. The molecule has 2 heterocycles. The Balaban J connectivity index is 2.87. The van der Waals surface area contributed by atoms with E-state index in [1.54, 1.807) is 6.20 Å². The lowest BCUT2D eigenvalue weighted by atomic mass is 10.4. The van der Waals surface area contributed by atoms with Gasteiger partial charge in [-0.3, -0.25) is 5.10 Å². The maximum Gasteiger partial charge on any atom is 0.160 e. The summed E-state index contributed by atoms with van der Waals surface area (Å²) in [5.41, 5.74) is 0.707. The average molecular weight is 232 g/mol. The molecular weight excluding hydrogens is 229 g/mol. The van der Waals surface area contributed by atoms with Crippen molar-refractivity contribution in [2.24, 2.45) is 0 Å². The molecule has 0 aromatic carbocycles. The maximum absolute atomic E-state index is 5.74. The zero-order chi connectivity index (χ0) is 7.84. The van der Waals surface area contributed by atoms with Crippen molar-refractivity contribution in [1.82, 2.24) is 15.2 Å². The van der Waals surface area contributed by atoms with E-state index < -0.39 is 0 Å². The number of hydrogen-bond acceptors (Lipinski definition) is 2. The van der Waals surface area contributed by atoms with Crippen LogP contribution < -0.4 is 0 Å². The van der Waals surface area contributed by atoms with Crippen LogP contribution in [0.4, 0.5) is 0 Å². The molecule has 0 atom stereocenters. The second-order valence-corrected chi connectivity index (χ2v) is 3.34. The second kappa shape index (κ2) is 2.46. The van der Waals surface area contributed by atoms with Crippen LogP contribution in [-0.2, 0) is 0 Å². The molecule has 3 nitrogen and oxygen atoms in total. The average Bonchev–Trinajstić information content (AvgIpc) is 2.33. The summed E-state index contributed by atoms with van der Waals surface area (Å²) in [7, 11) is 0. The van der Waals surface area contributed by atoms with Crippen LogP contribution in [-0.4, -0.2) is 15.2 Å². The van der Waals surface area contributed by atoms with E-state index in [1.807, 2.05) is 6.07 Å². The van der Waals surface area contributed by atoms with Crippen LogP contribution in [0.2, 0.25) is 5.15 Å². The zero-order valence-corrected chi connectivity index (χ0v) is 7.65. The first kappa shape index (κ1) is 7.06. The standard InChI is InChI=1S/C6H3BrClN3/c7-3-1-4-5(8)10-11-6(4)9-2-3/h1-2H,(H,9,10,11). The predicted molar refractivity (Wildman–Crippen MR) is 46.6 cm³/mol. The van der Waals surface area contributed by atoms with Crippen molar-refractivity contribution in [2.45, 2.75) is 0 Å². The van der Waals surface area contributed by atoms with Crippen molar-refractivity contribution >= 4 is 38.6 Å². The molecule has 0 amide bonds. The van der Waals surface area contributed by atoms with Crippen LogP contribution in [0.3, 0.4) is 0 Å². The number of halogens is 2. The third kappa shape index (κ3) is 1.12. The Bertz CT molecular complexity index is 398. The van der Waals surface area contributed by atoms with Crippen molar-refractivity contribution in [1.29, 1.82) is 0 Å². The van der Waals surface area contributed by atoms with E-state index in [2.05, 4.69) is 31.1 Å². The quantitative estimate of drug-likeness (QED) is 0.758. The minimum atomic E-state index is 0.453. The molecule has 0 saturated heterocycles. The van der Waals surface area contributed by atoms with Crippen molar-refractivity contribution in [3.63, 3.8) is 0 Å². The van der Waals surface area contributed by atoms with Gasteiger partial charge in [-0.05, 0) is 22.0 Å². The van der Waals surface area contributed by atoms with Crippen LogP contribution in [0.15, 0.2) is 16.7 Å². The number of hydrogen-bond donors (Lipinski definition) is 1. The highest BCUT2D eigenvalue weighted by Crippen LogP contribution is 2.21. The van der Waals surface area contributed by atoms with Gasteiger partial charge < -0.3 is 0 Å². The predicted octanol–water partition coefficient (Wildman–Crippen LogP) is 2.37. The van der Waals surface area contributed by atoms with Gasteiger partial charge in [-0.1, -0.05) is 11.6 Å². The summed E-state index contributed by atoms with van der Waals surface area (Å²) in [5.74, 6) is 0. The first-order valence-electron chi connectivity index (χ1n) is 2.92. The van der Waals surface area contributed by atoms with Crippen molar-refractivity contribution in [3.05, 3.63) is 21.9 Å². The largest absolute Gasteiger partial charge is 0.259 e. The highest BCUT2D eigenvalue weighted by atomic mass is 79.9. The second-order valence-electron chi connectivity index (χ2n) is 2.06. The van der Waals surface area contributed by atoms with Gasteiger partial charge in [0, 0.05) is 10.7 Å². The van der Waals surface area contributed by atoms with Crippen LogP contribution in [0, 0.1) is 0 Å². The summed E-state index contributed by atoms with van der Waals surface area (Å²) in [5, 5.41) is 7.78. The smallest absolute Gasteiger partial charge is 0.160 e. The maximum atomic E-state index is 5.74. The van der Waals surface area contributed by atoms with Gasteiger partial charge in [-0.25, -0.2) is 4.98 Å². The molecule has 0 bridgehead atoms. The van der Waals surface area contributed by atoms with E-state index in [0.717, 1.165) is 9.86 Å². The lowest BCUT2D eigenvalue weighted by Gasteiger charge is -1.88. The number of nitrogens with one attached hydrogen (secondary N) is 1. The Morgan fingerprint density at radius 2 is 2.36 bits per heavy atom. The van der Waals surface area contributed by atoms with Gasteiger partial charge in [-0.2, -0.15) is 5.10 Å². The number of nitrogens with zero attached hydrogens (tertiary/aromatic N) is 2. The molecule has 1 N–H and O–H groups in total. The van der Waals surface area contributed by atoms with Gasteiger partial charge in [0.2, 0.25) is 0 Å². The molecule has 2 rings (SSSR count). The van der Waals surface area contributed by atoms with Crippen LogP contribution >= 0.6 is 27.5 Å². The third-order valence-corrected chi connectivity index (χ3v) is 2.06. The van der Waals surface area contributed by atoms with E-state index in [0.29, 0.717) is 10.8 Å². The SMILES string of the molecule is Clc1n[nH]c2ncc(Br)cc12. The molecule has 11 heavy (non-hydrogen) atoms. The normalized spacial score (nSPS) is 10.7. The zero-order valence-electron chi connectivity index (χ0n) is 5.31. The lowest BCUT2D eigenvalue weighted by Crippen LogP contribution is -1.74. The fourth-order valence-electron chi connectivity index (χ4n) is 0.848. The Hall–Kier alpha value is -0.610. The fourth-order valence-corrected chi connectivity index (χ4v) is 1.37. The molecule has 0 spiro atoms. The number of aromatic nitrogens is 3. The molecule has 5 heteroatoms. The van der Waals surface area contributed by atoms with Gasteiger partial charge >= 0.3 is 0 Å². The molecular formula is C6H3BrClN3. The number of fused-ring (bicyclic) bond motifs is 1. The molecule has 56 valence electrons. The van der Waals surface area contributed by atoms with Crippen molar-refractivity contribution < 1.29 is 0 Å². The molecule has 2 aromatic heterocycles. The Morgan fingerprint density at radius 1 is 1.55 bits per heavy atom. The van der Waals surface area contributed by atoms with E-state index in [4.69, 9.17) is 11.6 Å². The summed E-state index contributed by atoms with van der Waals surface area (Å²) < 4.78 is 0.897. The first-order valence-corrected chi connectivity index (χ1v) is 4.09. The number of pyridine rings is 1. The van der Waals surface area contributed by atoms with Gasteiger partial charge in [-0.15, -0.1) is 0 Å². The Morgan fingerprint density at radius 3 is 3.18 bits per heavy atom. The van der Waals surface area contributed by atoms with E-state index >= 15 is 0 Å². The summed E-state index contributed by atoms with van der Waals surface area (Å²) in [6.07, 6.45) is 1.69. The molecule has 0 aliphatic rings. The number of aromatic amines is 1. The van der Waals surface area contributed by atoms with Gasteiger partial charge in [0.05, 0.1) is 5.39 Å². The van der Waals surface area contributed by atoms with Gasteiger partial charge in [0.25, 0.3) is 0 Å². The summed E-state index contributed by atoms with van der Waals surface area (Å²) >= 11 is 9.03. The summed E-state index contributed by atoms with van der Waals surface area (Å²) in [4.78, 5) is 4.05. The topological polar surface area (TPSA) is 41.6 Å². The van der Waals surface area contributed by atoms with Crippen molar-refractivity contribution in [3.8, 4) is 0 Å². The van der Waals surface area contributed by atoms with Gasteiger partial charge in [0.15, 0.2) is 10.8 Å². The molecule has 0 fully saturated rings. The molecule has 0 saturated carbocycles. The molecule has 0 aliphatic carbocycles. The van der Waals surface area contributed by atoms with Crippen LogP contribution in [0.1, 0.15) is 0 Å². The highest BCUT2D eigenvalue weighted by Gasteiger charge is 2.02. The highest BCUT2D eigenvalue weighted by molar-refractivity contribution is 9.10. The van der Waals surface area contributed by atoms with E-state index in [-0.39, 0.29) is 0 Å².